The summed E-state index contributed by atoms with van der Waals surface area (Å²) < 4.78 is 21.0. The van der Waals surface area contributed by atoms with Gasteiger partial charge in [-0.3, -0.25) is 4.79 Å². The molecule has 124 valence electrons. The fourth-order valence-electron chi connectivity index (χ4n) is 2.15. The first-order valence-corrected chi connectivity index (χ1v) is 7.19. The van der Waals surface area contributed by atoms with Crippen LogP contribution in [0.25, 0.3) is 0 Å². The molecule has 0 atom stereocenters. The highest BCUT2D eigenvalue weighted by Crippen LogP contribution is 2.31. The number of fused-ring (bicyclic) bond motifs is 1. The summed E-state index contributed by atoms with van der Waals surface area (Å²) in [4.78, 5) is 23.1. The molecule has 1 heterocycles. The van der Waals surface area contributed by atoms with Crippen molar-refractivity contribution >= 4 is 17.6 Å². The van der Waals surface area contributed by atoms with E-state index in [1.165, 1.54) is 13.2 Å². The predicted octanol–water partition coefficient (Wildman–Crippen LogP) is 2.01. The zero-order chi connectivity index (χ0) is 16.9. The van der Waals surface area contributed by atoms with Crippen LogP contribution in [-0.4, -0.2) is 32.2 Å². The van der Waals surface area contributed by atoms with Crippen LogP contribution in [-0.2, 0) is 9.59 Å². The Labute approximate surface area is 138 Å². The first kappa shape index (κ1) is 15.7. The Morgan fingerprint density at radius 2 is 2.00 bits per heavy atom. The fourth-order valence-corrected chi connectivity index (χ4v) is 2.15. The van der Waals surface area contributed by atoms with Gasteiger partial charge in [0.25, 0.3) is 5.91 Å². The second-order valence-electron chi connectivity index (χ2n) is 4.91. The van der Waals surface area contributed by atoms with Crippen molar-refractivity contribution in [2.75, 3.05) is 25.6 Å². The number of carbonyl (C=O) groups is 2. The van der Waals surface area contributed by atoms with Crippen molar-refractivity contribution in [2.24, 2.45) is 0 Å². The van der Waals surface area contributed by atoms with Crippen LogP contribution in [0.15, 0.2) is 42.5 Å². The van der Waals surface area contributed by atoms with E-state index in [4.69, 9.17) is 18.9 Å². The summed E-state index contributed by atoms with van der Waals surface area (Å²) in [5.41, 5.74) is 0.538. The van der Waals surface area contributed by atoms with E-state index in [1.54, 1.807) is 36.4 Å². The summed E-state index contributed by atoms with van der Waals surface area (Å²) in [5.74, 6) is 0.943. The lowest BCUT2D eigenvalue weighted by Crippen LogP contribution is -2.25. The van der Waals surface area contributed by atoms with Crippen molar-refractivity contribution in [1.29, 1.82) is 0 Å². The minimum absolute atomic E-state index is 0.0681. The average molecular weight is 329 g/mol. The molecule has 0 unspecified atom stereocenters. The summed E-state index contributed by atoms with van der Waals surface area (Å²) >= 11 is 0. The van der Waals surface area contributed by atoms with Crippen molar-refractivity contribution in [1.82, 2.24) is 0 Å². The molecule has 1 amide bonds. The Hall–Kier alpha value is -3.22. The minimum Gasteiger partial charge on any atom is -0.493 e. The zero-order valence-electron chi connectivity index (χ0n) is 12.9. The van der Waals surface area contributed by atoms with Gasteiger partial charge in [-0.05, 0) is 24.3 Å². The third-order valence-electron chi connectivity index (χ3n) is 3.23. The Balaban J connectivity index is 1.60. The Bertz CT molecular complexity index is 773. The van der Waals surface area contributed by atoms with E-state index in [2.05, 4.69) is 5.32 Å². The molecule has 0 radical (unpaired) electrons. The molecule has 1 aliphatic heterocycles. The van der Waals surface area contributed by atoms with E-state index in [0.29, 0.717) is 28.7 Å². The van der Waals surface area contributed by atoms with Gasteiger partial charge in [-0.2, -0.15) is 0 Å². The average Bonchev–Trinajstić information content (AvgIpc) is 2.60. The molecule has 0 spiro atoms. The fraction of sp³-hybridized carbons (Fsp3) is 0.176. The molecule has 2 aromatic rings. The van der Waals surface area contributed by atoms with Crippen LogP contribution in [0.4, 0.5) is 5.69 Å². The molecule has 0 bridgehead atoms. The highest BCUT2D eigenvalue weighted by Gasteiger charge is 2.17. The van der Waals surface area contributed by atoms with Gasteiger partial charge in [-0.15, -0.1) is 0 Å². The third kappa shape index (κ3) is 3.57. The van der Waals surface area contributed by atoms with Gasteiger partial charge in [0, 0.05) is 6.07 Å². The number of esters is 1. The SMILES string of the molecule is COc1ccccc1OCC(=O)Oc1ccc2c(c1)OCC(=O)N2. The molecule has 7 heteroatoms. The molecule has 0 fully saturated rings. The molecule has 3 rings (SSSR count). The maximum Gasteiger partial charge on any atom is 0.349 e. The topological polar surface area (TPSA) is 83.1 Å². The van der Waals surface area contributed by atoms with Crippen LogP contribution in [0.2, 0.25) is 0 Å². The molecular weight excluding hydrogens is 314 g/mol. The lowest BCUT2D eigenvalue weighted by molar-refractivity contribution is -0.136. The number of carbonyl (C=O) groups excluding carboxylic acids is 2. The number of hydrogen-bond acceptors (Lipinski definition) is 6. The Morgan fingerprint density at radius 3 is 2.79 bits per heavy atom. The van der Waals surface area contributed by atoms with Crippen molar-refractivity contribution in [3.8, 4) is 23.0 Å². The van der Waals surface area contributed by atoms with Crippen LogP contribution in [0.1, 0.15) is 0 Å². The van der Waals surface area contributed by atoms with E-state index in [9.17, 15) is 9.59 Å². The van der Waals surface area contributed by atoms with Gasteiger partial charge in [0.2, 0.25) is 0 Å². The summed E-state index contributed by atoms with van der Waals surface area (Å²) in [5, 5.41) is 2.66. The number of rotatable bonds is 5. The number of hydrogen-bond donors (Lipinski definition) is 1. The van der Waals surface area contributed by atoms with Crippen LogP contribution >= 0.6 is 0 Å². The molecule has 1 aliphatic rings. The second kappa shape index (κ2) is 6.91. The second-order valence-corrected chi connectivity index (χ2v) is 4.91. The summed E-state index contributed by atoms with van der Waals surface area (Å²) in [7, 11) is 1.52. The van der Waals surface area contributed by atoms with Crippen LogP contribution in [0, 0.1) is 0 Å². The van der Waals surface area contributed by atoms with E-state index in [1.807, 2.05) is 0 Å². The smallest absolute Gasteiger partial charge is 0.349 e. The van der Waals surface area contributed by atoms with Crippen molar-refractivity contribution in [3.05, 3.63) is 42.5 Å². The summed E-state index contributed by atoms with van der Waals surface area (Å²) in [6, 6.07) is 11.7. The van der Waals surface area contributed by atoms with Gasteiger partial charge in [0.05, 0.1) is 12.8 Å². The number of benzene rings is 2. The number of methoxy groups -OCH3 is 1. The Morgan fingerprint density at radius 1 is 1.21 bits per heavy atom. The zero-order valence-corrected chi connectivity index (χ0v) is 12.9. The first-order valence-electron chi connectivity index (χ1n) is 7.19. The maximum atomic E-state index is 11.9. The standard InChI is InChI=1S/C17H15NO6/c1-21-13-4-2-3-5-14(13)23-10-17(20)24-11-6-7-12-15(8-11)22-9-16(19)18-12/h2-8H,9-10H2,1H3,(H,18,19). The minimum atomic E-state index is -0.569. The van der Waals surface area contributed by atoms with E-state index in [0.717, 1.165) is 0 Å². The van der Waals surface area contributed by atoms with Crippen molar-refractivity contribution < 1.29 is 28.5 Å². The van der Waals surface area contributed by atoms with Crippen LogP contribution in [0.3, 0.4) is 0 Å². The van der Waals surface area contributed by atoms with Crippen molar-refractivity contribution in [3.63, 3.8) is 0 Å². The lowest BCUT2D eigenvalue weighted by atomic mass is 10.2. The molecule has 0 saturated carbocycles. The van der Waals surface area contributed by atoms with Crippen LogP contribution < -0.4 is 24.3 Å². The van der Waals surface area contributed by atoms with Gasteiger partial charge >= 0.3 is 5.97 Å². The van der Waals surface area contributed by atoms with Gasteiger partial charge in [-0.1, -0.05) is 12.1 Å². The third-order valence-corrected chi connectivity index (χ3v) is 3.23. The molecule has 0 aromatic heterocycles. The molecule has 24 heavy (non-hydrogen) atoms. The van der Waals surface area contributed by atoms with Crippen LogP contribution in [0.5, 0.6) is 23.0 Å². The molecule has 2 aromatic carbocycles. The molecule has 0 saturated heterocycles. The van der Waals surface area contributed by atoms with Crippen molar-refractivity contribution in [2.45, 2.75) is 0 Å². The highest BCUT2D eigenvalue weighted by molar-refractivity contribution is 5.95. The van der Waals surface area contributed by atoms with Gasteiger partial charge in [0.1, 0.15) is 11.5 Å². The molecule has 0 aliphatic carbocycles. The van der Waals surface area contributed by atoms with E-state index in [-0.39, 0.29) is 19.1 Å². The van der Waals surface area contributed by atoms with E-state index >= 15 is 0 Å². The van der Waals surface area contributed by atoms with Gasteiger partial charge < -0.3 is 24.3 Å². The predicted molar refractivity (Wildman–Crippen MR) is 84.7 cm³/mol. The van der Waals surface area contributed by atoms with Gasteiger partial charge in [0.15, 0.2) is 24.7 Å². The maximum absolute atomic E-state index is 11.9. The molecule has 7 nitrogen and oxygen atoms in total. The molecule has 1 N–H and O–H groups in total. The Kier molecular flexibility index (Phi) is 4.51. The number of amides is 1. The number of nitrogens with one attached hydrogen (secondary N) is 1. The number of ether oxygens (including phenoxy) is 4. The summed E-state index contributed by atoms with van der Waals surface area (Å²) in [6.07, 6.45) is 0. The highest BCUT2D eigenvalue weighted by atomic mass is 16.6. The lowest BCUT2D eigenvalue weighted by Gasteiger charge is -2.18. The largest absolute Gasteiger partial charge is 0.493 e. The summed E-state index contributed by atoms with van der Waals surface area (Å²) in [6.45, 7) is -0.337. The van der Waals surface area contributed by atoms with Gasteiger partial charge in [-0.25, -0.2) is 4.79 Å². The number of para-hydroxylation sites is 2. The number of anilines is 1. The first-order chi connectivity index (χ1) is 11.7. The quantitative estimate of drug-likeness (QED) is 0.667. The van der Waals surface area contributed by atoms with E-state index < -0.39 is 5.97 Å². The monoisotopic (exact) mass is 329 g/mol. The normalized spacial score (nSPS) is 12.5. The molecular formula is C17H15NO6.